The highest BCUT2D eigenvalue weighted by atomic mass is 127. The molecule has 3 N–H and O–H groups in total. The molecule has 0 aromatic heterocycles. The van der Waals surface area contributed by atoms with Gasteiger partial charge in [-0.2, -0.15) is 0 Å². The largest absolute Gasteiger partial charge is 0.444 e. The van der Waals surface area contributed by atoms with E-state index in [4.69, 9.17) is 10.5 Å². The van der Waals surface area contributed by atoms with Gasteiger partial charge in [0.15, 0.2) is 5.96 Å². The number of ether oxygens (including phenoxy) is 1. The SMILES string of the molecule is CCN1CCCC1CN=C(N)NCCCN(C(=O)OC(C)(C)C)C(C)C.I. The Morgan fingerprint density at radius 2 is 2.07 bits per heavy atom. The van der Waals surface area contributed by atoms with Crippen LogP contribution in [-0.2, 0) is 4.74 Å². The Balaban J connectivity index is 0.00000676. The molecule has 0 aromatic rings. The Bertz CT molecular complexity index is 466. The molecule has 8 heteroatoms. The predicted molar refractivity (Wildman–Crippen MR) is 123 cm³/mol. The standard InChI is InChI=1S/C19H39N5O2.HI/c1-7-23-12-8-10-16(23)14-22-17(20)21-11-9-13-24(15(2)3)18(25)26-19(4,5)6;/h15-16H,7-14H2,1-6H3,(H3,20,21,22);1H. The summed E-state index contributed by atoms with van der Waals surface area (Å²) >= 11 is 0. The average Bonchev–Trinajstić information content (AvgIpc) is 2.98. The van der Waals surface area contributed by atoms with Gasteiger partial charge >= 0.3 is 6.09 Å². The van der Waals surface area contributed by atoms with E-state index in [2.05, 4.69) is 22.1 Å². The van der Waals surface area contributed by atoms with Gasteiger partial charge in [-0.15, -0.1) is 24.0 Å². The first kappa shape index (κ1) is 26.2. The van der Waals surface area contributed by atoms with Crippen LogP contribution in [0.15, 0.2) is 4.99 Å². The lowest BCUT2D eigenvalue weighted by atomic mass is 10.2. The summed E-state index contributed by atoms with van der Waals surface area (Å²) in [5, 5.41) is 3.15. The monoisotopic (exact) mass is 497 g/mol. The number of nitrogens with zero attached hydrogens (tertiary/aromatic N) is 3. The van der Waals surface area contributed by atoms with Gasteiger partial charge in [-0.25, -0.2) is 4.79 Å². The van der Waals surface area contributed by atoms with Crippen molar-refractivity contribution in [3.05, 3.63) is 0 Å². The van der Waals surface area contributed by atoms with Crippen molar-refractivity contribution in [2.75, 3.05) is 32.7 Å². The van der Waals surface area contributed by atoms with E-state index in [1.807, 2.05) is 34.6 Å². The Labute approximate surface area is 182 Å². The van der Waals surface area contributed by atoms with Crippen LogP contribution in [0.25, 0.3) is 0 Å². The molecular weight excluding hydrogens is 457 g/mol. The number of carbonyl (C=O) groups is 1. The van der Waals surface area contributed by atoms with Crippen LogP contribution in [0.3, 0.4) is 0 Å². The number of hydrogen-bond donors (Lipinski definition) is 2. The van der Waals surface area contributed by atoms with Gasteiger partial charge in [-0.05, 0) is 67.0 Å². The molecule has 0 spiro atoms. The van der Waals surface area contributed by atoms with Crippen LogP contribution in [-0.4, -0.2) is 72.3 Å². The predicted octanol–water partition coefficient (Wildman–Crippen LogP) is 3.03. The van der Waals surface area contributed by atoms with Gasteiger partial charge in [0, 0.05) is 25.2 Å². The third-order valence-electron chi connectivity index (χ3n) is 4.51. The van der Waals surface area contributed by atoms with E-state index in [0.717, 1.165) is 19.5 Å². The number of nitrogens with two attached hydrogens (primary N) is 1. The number of nitrogens with one attached hydrogen (secondary N) is 1. The molecule has 1 saturated heterocycles. The highest BCUT2D eigenvalue weighted by Crippen LogP contribution is 2.16. The van der Waals surface area contributed by atoms with E-state index in [1.165, 1.54) is 19.4 Å². The highest BCUT2D eigenvalue weighted by Gasteiger charge is 2.24. The van der Waals surface area contributed by atoms with Crippen LogP contribution in [0.5, 0.6) is 0 Å². The molecule has 1 aliphatic heterocycles. The van der Waals surface area contributed by atoms with Crippen molar-refractivity contribution in [2.24, 2.45) is 10.7 Å². The van der Waals surface area contributed by atoms with Crippen molar-refractivity contribution in [1.29, 1.82) is 0 Å². The minimum Gasteiger partial charge on any atom is -0.444 e. The second-order valence-electron chi connectivity index (χ2n) is 8.20. The number of likely N-dealkylation sites (N-methyl/N-ethyl adjacent to an activating group) is 1. The summed E-state index contributed by atoms with van der Waals surface area (Å²) in [6.45, 7) is 16.1. The van der Waals surface area contributed by atoms with E-state index >= 15 is 0 Å². The van der Waals surface area contributed by atoms with Gasteiger partial charge in [-0.1, -0.05) is 6.92 Å². The molecule has 1 amide bonds. The van der Waals surface area contributed by atoms with Gasteiger partial charge in [0.2, 0.25) is 0 Å². The van der Waals surface area contributed by atoms with E-state index in [-0.39, 0.29) is 36.1 Å². The second kappa shape index (κ2) is 12.6. The van der Waals surface area contributed by atoms with Gasteiger partial charge in [0.1, 0.15) is 5.60 Å². The molecule has 0 saturated carbocycles. The number of halogens is 1. The zero-order valence-electron chi connectivity index (χ0n) is 18.0. The summed E-state index contributed by atoms with van der Waals surface area (Å²) in [6.07, 6.45) is 2.97. The van der Waals surface area contributed by atoms with Crippen LogP contribution >= 0.6 is 24.0 Å². The molecular formula is C19H40IN5O2. The van der Waals surface area contributed by atoms with E-state index < -0.39 is 5.60 Å². The molecule has 1 atom stereocenters. The lowest BCUT2D eigenvalue weighted by molar-refractivity contribution is 0.0190. The van der Waals surface area contributed by atoms with Crippen molar-refractivity contribution >= 4 is 36.0 Å². The van der Waals surface area contributed by atoms with Gasteiger partial charge in [-0.3, -0.25) is 9.89 Å². The van der Waals surface area contributed by atoms with Gasteiger partial charge in [0.25, 0.3) is 0 Å². The van der Waals surface area contributed by atoms with Crippen molar-refractivity contribution in [3.63, 3.8) is 0 Å². The number of rotatable bonds is 8. The van der Waals surface area contributed by atoms with Gasteiger partial charge in [0.05, 0.1) is 6.54 Å². The fourth-order valence-corrected chi connectivity index (χ4v) is 3.12. The molecule has 1 aliphatic rings. The first-order chi connectivity index (χ1) is 12.1. The summed E-state index contributed by atoms with van der Waals surface area (Å²) < 4.78 is 5.47. The van der Waals surface area contributed by atoms with Crippen LogP contribution in [0, 0.1) is 0 Å². The summed E-state index contributed by atoms with van der Waals surface area (Å²) in [4.78, 5) is 20.9. The smallest absolute Gasteiger partial charge is 0.410 e. The highest BCUT2D eigenvalue weighted by molar-refractivity contribution is 14.0. The topological polar surface area (TPSA) is 83.2 Å². The number of likely N-dealkylation sites (tertiary alicyclic amines) is 1. The fourth-order valence-electron chi connectivity index (χ4n) is 3.12. The third kappa shape index (κ3) is 10.4. The van der Waals surface area contributed by atoms with Crippen molar-refractivity contribution < 1.29 is 9.53 Å². The maximum absolute atomic E-state index is 12.3. The number of amides is 1. The Hall–Kier alpha value is -0.770. The number of aliphatic imine (C=N–C) groups is 1. The lowest BCUT2D eigenvalue weighted by Gasteiger charge is -2.30. The normalized spacial score (nSPS) is 18.3. The van der Waals surface area contributed by atoms with Crippen molar-refractivity contribution in [3.8, 4) is 0 Å². The first-order valence-electron chi connectivity index (χ1n) is 9.91. The van der Waals surface area contributed by atoms with Crippen LogP contribution in [0.2, 0.25) is 0 Å². The molecule has 0 bridgehead atoms. The molecule has 27 heavy (non-hydrogen) atoms. The lowest BCUT2D eigenvalue weighted by Crippen LogP contribution is -2.42. The zero-order chi connectivity index (χ0) is 19.7. The van der Waals surface area contributed by atoms with Crippen molar-refractivity contribution in [1.82, 2.24) is 15.1 Å². The van der Waals surface area contributed by atoms with E-state index in [9.17, 15) is 4.79 Å². The molecule has 1 unspecified atom stereocenters. The van der Waals surface area contributed by atoms with E-state index in [0.29, 0.717) is 25.1 Å². The van der Waals surface area contributed by atoms with Crippen molar-refractivity contribution in [2.45, 2.75) is 78.5 Å². The number of hydrogen-bond acceptors (Lipinski definition) is 4. The summed E-state index contributed by atoms with van der Waals surface area (Å²) in [7, 11) is 0. The van der Waals surface area contributed by atoms with Gasteiger partial charge < -0.3 is 20.7 Å². The minimum absolute atomic E-state index is 0. The molecule has 0 radical (unpaired) electrons. The fraction of sp³-hybridized carbons (Fsp3) is 0.895. The molecule has 0 aromatic carbocycles. The third-order valence-corrected chi connectivity index (χ3v) is 4.51. The average molecular weight is 497 g/mol. The quantitative estimate of drug-likeness (QED) is 0.233. The second-order valence-corrected chi connectivity index (χ2v) is 8.20. The van der Waals surface area contributed by atoms with Crippen LogP contribution in [0.1, 0.15) is 60.8 Å². The Kier molecular flexibility index (Phi) is 12.3. The maximum Gasteiger partial charge on any atom is 0.410 e. The molecule has 0 aliphatic carbocycles. The molecule has 1 rings (SSSR count). The summed E-state index contributed by atoms with van der Waals surface area (Å²) in [5.74, 6) is 0.487. The molecule has 1 heterocycles. The number of guanidine groups is 1. The summed E-state index contributed by atoms with van der Waals surface area (Å²) in [6, 6.07) is 0.613. The Morgan fingerprint density at radius 3 is 2.63 bits per heavy atom. The van der Waals surface area contributed by atoms with Crippen LogP contribution < -0.4 is 11.1 Å². The summed E-state index contributed by atoms with van der Waals surface area (Å²) in [5.41, 5.74) is 5.49. The first-order valence-corrected chi connectivity index (χ1v) is 9.91. The minimum atomic E-state index is -0.480. The molecule has 160 valence electrons. The van der Waals surface area contributed by atoms with Crippen LogP contribution in [0.4, 0.5) is 4.79 Å². The zero-order valence-corrected chi connectivity index (χ0v) is 20.3. The molecule has 7 nitrogen and oxygen atoms in total. The molecule has 1 fully saturated rings. The Morgan fingerprint density at radius 1 is 1.41 bits per heavy atom. The maximum atomic E-state index is 12.3. The number of carbonyl (C=O) groups excluding carboxylic acids is 1. The van der Waals surface area contributed by atoms with E-state index in [1.54, 1.807) is 4.90 Å².